The van der Waals surface area contributed by atoms with Gasteiger partial charge in [-0.3, -0.25) is 14.2 Å². The number of para-hydroxylation sites is 1. The molecule has 0 unspecified atom stereocenters. The summed E-state index contributed by atoms with van der Waals surface area (Å²) >= 11 is 2.85. The van der Waals surface area contributed by atoms with Gasteiger partial charge in [-0.1, -0.05) is 42.1 Å². The molecule has 2 aromatic carbocycles. The quantitative estimate of drug-likeness (QED) is 0.308. The van der Waals surface area contributed by atoms with Gasteiger partial charge in [-0.05, 0) is 42.7 Å². The molecule has 8 heteroatoms. The number of aromatic nitrogens is 4. The van der Waals surface area contributed by atoms with Crippen molar-refractivity contribution in [1.82, 2.24) is 19.5 Å². The number of fused-ring (bicyclic) bond motifs is 2. The molecule has 32 heavy (non-hydrogen) atoms. The van der Waals surface area contributed by atoms with Gasteiger partial charge in [0.15, 0.2) is 5.16 Å². The van der Waals surface area contributed by atoms with E-state index in [-0.39, 0.29) is 11.1 Å². The Balaban J connectivity index is 1.51. The van der Waals surface area contributed by atoms with E-state index in [1.54, 1.807) is 17.7 Å². The third kappa shape index (κ3) is 3.55. The Morgan fingerprint density at radius 1 is 1.06 bits per heavy atom. The van der Waals surface area contributed by atoms with Crippen LogP contribution in [-0.2, 0) is 12.8 Å². The Morgan fingerprint density at radius 3 is 2.69 bits per heavy atom. The molecule has 0 radical (unpaired) electrons. The summed E-state index contributed by atoms with van der Waals surface area (Å²) in [5.41, 5.74) is 4.76. The van der Waals surface area contributed by atoms with Crippen molar-refractivity contribution in [3.63, 3.8) is 0 Å². The first kappa shape index (κ1) is 20.7. The van der Waals surface area contributed by atoms with Crippen LogP contribution in [0.3, 0.4) is 0 Å². The van der Waals surface area contributed by atoms with Crippen molar-refractivity contribution in [1.29, 1.82) is 0 Å². The minimum Gasteiger partial charge on any atom is -0.309 e. The fourth-order valence-electron chi connectivity index (χ4n) is 3.64. The van der Waals surface area contributed by atoms with Gasteiger partial charge < -0.3 is 4.98 Å². The van der Waals surface area contributed by atoms with Gasteiger partial charge in [0.2, 0.25) is 0 Å². The zero-order chi connectivity index (χ0) is 22.4. The average molecular weight is 461 g/mol. The minimum absolute atomic E-state index is 0.0769. The van der Waals surface area contributed by atoms with Gasteiger partial charge in [0.25, 0.3) is 11.1 Å². The number of hydrogen-bond donors (Lipinski definition) is 1. The van der Waals surface area contributed by atoms with Crippen LogP contribution in [0.25, 0.3) is 32.2 Å². The van der Waals surface area contributed by atoms with Gasteiger partial charge in [0.1, 0.15) is 10.7 Å². The van der Waals surface area contributed by atoms with Crippen LogP contribution in [0.4, 0.5) is 0 Å². The van der Waals surface area contributed by atoms with Crippen molar-refractivity contribution in [3.8, 4) is 11.1 Å². The van der Waals surface area contributed by atoms with E-state index in [4.69, 9.17) is 4.98 Å². The molecule has 0 saturated carbocycles. The maximum atomic E-state index is 13.2. The normalized spacial score (nSPS) is 11.5. The molecule has 0 saturated heterocycles. The lowest BCUT2D eigenvalue weighted by molar-refractivity contribution is 0.727. The molecule has 0 aliphatic carbocycles. The Kier molecular flexibility index (Phi) is 5.19. The van der Waals surface area contributed by atoms with Gasteiger partial charge in [-0.15, -0.1) is 11.3 Å². The second-order valence-electron chi connectivity index (χ2n) is 7.71. The van der Waals surface area contributed by atoms with Crippen molar-refractivity contribution in [2.45, 2.75) is 24.8 Å². The Labute approximate surface area is 192 Å². The molecular formula is C24H20N4O2S2. The van der Waals surface area contributed by atoms with E-state index < -0.39 is 0 Å². The van der Waals surface area contributed by atoms with Gasteiger partial charge in [0, 0.05) is 18.0 Å². The first-order chi connectivity index (χ1) is 15.4. The van der Waals surface area contributed by atoms with E-state index >= 15 is 0 Å². The highest BCUT2D eigenvalue weighted by atomic mass is 32.2. The summed E-state index contributed by atoms with van der Waals surface area (Å²) in [6.07, 6.45) is 0. The molecule has 5 aromatic rings. The highest BCUT2D eigenvalue weighted by Gasteiger charge is 2.16. The second-order valence-corrected chi connectivity index (χ2v) is 9.51. The molecule has 0 aliphatic heterocycles. The zero-order valence-corrected chi connectivity index (χ0v) is 19.4. The van der Waals surface area contributed by atoms with Gasteiger partial charge in [-0.2, -0.15) is 0 Å². The highest BCUT2D eigenvalue weighted by molar-refractivity contribution is 7.98. The lowest BCUT2D eigenvalue weighted by Crippen LogP contribution is -2.20. The topological polar surface area (TPSA) is 80.6 Å². The van der Waals surface area contributed by atoms with Crippen molar-refractivity contribution in [2.24, 2.45) is 7.05 Å². The summed E-state index contributed by atoms with van der Waals surface area (Å²) in [6.45, 7) is 4.15. The second kappa shape index (κ2) is 8.03. The van der Waals surface area contributed by atoms with Gasteiger partial charge >= 0.3 is 0 Å². The first-order valence-corrected chi connectivity index (χ1v) is 12.0. The van der Waals surface area contributed by atoms with Crippen LogP contribution in [0.15, 0.2) is 62.6 Å². The molecule has 0 bridgehead atoms. The number of rotatable bonds is 4. The van der Waals surface area contributed by atoms with E-state index in [1.165, 1.54) is 34.2 Å². The van der Waals surface area contributed by atoms with Crippen LogP contribution < -0.4 is 11.1 Å². The van der Waals surface area contributed by atoms with Crippen molar-refractivity contribution < 1.29 is 0 Å². The monoisotopic (exact) mass is 460 g/mol. The molecule has 0 fully saturated rings. The summed E-state index contributed by atoms with van der Waals surface area (Å²) < 4.78 is 1.57. The minimum atomic E-state index is -0.167. The molecule has 6 nitrogen and oxygen atoms in total. The lowest BCUT2D eigenvalue weighted by atomic mass is 10.0. The number of nitrogens with zero attached hydrogens (tertiary/aromatic N) is 3. The van der Waals surface area contributed by atoms with Crippen molar-refractivity contribution in [2.75, 3.05) is 0 Å². The Morgan fingerprint density at radius 2 is 1.88 bits per heavy atom. The summed E-state index contributed by atoms with van der Waals surface area (Å²) in [7, 11) is 1.73. The van der Waals surface area contributed by atoms with Crippen LogP contribution in [0.2, 0.25) is 0 Å². The third-order valence-corrected chi connectivity index (χ3v) is 7.51. The molecule has 0 aliphatic rings. The molecule has 1 N–H and O–H groups in total. The lowest BCUT2D eigenvalue weighted by Gasteiger charge is -2.09. The molecule has 3 heterocycles. The molecule has 3 aromatic heterocycles. The average Bonchev–Trinajstić information content (AvgIpc) is 3.21. The summed E-state index contributed by atoms with van der Waals surface area (Å²) in [5.74, 6) is 0.955. The summed E-state index contributed by atoms with van der Waals surface area (Å²) in [6, 6.07) is 13.5. The predicted molar refractivity (Wildman–Crippen MR) is 132 cm³/mol. The fraction of sp³-hybridized carbons (Fsp3) is 0.167. The first-order valence-electron chi connectivity index (χ1n) is 10.1. The standard InChI is InChI=1S/C24H20N4O2S2/c1-13-8-9-15(10-14(13)2)17-11-31-22-20(17)23(30)28(3)24(27-22)32-12-19-25-18-7-5-4-6-16(18)21(29)26-19/h4-11H,12H2,1-3H3,(H,25,26,29). The summed E-state index contributed by atoms with van der Waals surface area (Å²) in [4.78, 5) is 38.4. The van der Waals surface area contributed by atoms with Crippen molar-refractivity contribution >= 4 is 44.2 Å². The van der Waals surface area contributed by atoms with Crippen LogP contribution in [0.1, 0.15) is 17.0 Å². The molecule has 0 spiro atoms. The molecule has 160 valence electrons. The van der Waals surface area contributed by atoms with Gasteiger partial charge in [-0.25, -0.2) is 9.97 Å². The molecule has 0 amide bonds. The number of benzene rings is 2. The van der Waals surface area contributed by atoms with Crippen LogP contribution in [-0.4, -0.2) is 19.5 Å². The number of H-pyrrole nitrogens is 1. The van der Waals surface area contributed by atoms with E-state index in [9.17, 15) is 9.59 Å². The van der Waals surface area contributed by atoms with Crippen LogP contribution in [0, 0.1) is 13.8 Å². The number of aromatic amines is 1. The van der Waals surface area contributed by atoms with E-state index in [1.807, 2.05) is 29.6 Å². The number of hydrogen-bond acceptors (Lipinski definition) is 6. The zero-order valence-electron chi connectivity index (χ0n) is 17.8. The van der Waals surface area contributed by atoms with E-state index in [0.717, 1.165) is 11.1 Å². The van der Waals surface area contributed by atoms with Crippen molar-refractivity contribution in [3.05, 3.63) is 85.5 Å². The van der Waals surface area contributed by atoms with E-state index in [2.05, 4.69) is 35.9 Å². The smallest absolute Gasteiger partial charge is 0.263 e. The fourth-order valence-corrected chi connectivity index (χ4v) is 5.47. The predicted octanol–water partition coefficient (Wildman–Crippen LogP) is 4.81. The highest BCUT2D eigenvalue weighted by Crippen LogP contribution is 2.33. The maximum absolute atomic E-state index is 13.2. The SMILES string of the molecule is Cc1ccc(-c2csc3nc(SCc4nc5ccccc5c(=O)[nH]4)n(C)c(=O)c23)cc1C. The van der Waals surface area contributed by atoms with E-state index in [0.29, 0.717) is 37.9 Å². The Bertz CT molecular complexity index is 1610. The van der Waals surface area contributed by atoms with Crippen LogP contribution in [0.5, 0.6) is 0 Å². The Hall–Kier alpha value is -3.23. The summed E-state index contributed by atoms with van der Waals surface area (Å²) in [5, 5.41) is 3.79. The number of thioether (sulfide) groups is 1. The maximum Gasteiger partial charge on any atom is 0.263 e. The molecule has 0 atom stereocenters. The number of nitrogens with one attached hydrogen (secondary N) is 1. The molecular weight excluding hydrogens is 440 g/mol. The third-order valence-electron chi connectivity index (χ3n) is 5.59. The largest absolute Gasteiger partial charge is 0.309 e. The molecule has 5 rings (SSSR count). The number of aryl methyl sites for hydroxylation is 2. The number of thiophene rings is 1. The van der Waals surface area contributed by atoms with Gasteiger partial charge in [0.05, 0.1) is 22.0 Å². The van der Waals surface area contributed by atoms with Crippen LogP contribution >= 0.6 is 23.1 Å².